The Morgan fingerprint density at radius 2 is 1.76 bits per heavy atom. The SMILES string of the molecule is CC(C)CC(N)C(=O)Nc1ccc2c(c1)Oc1cc(N)ccc1C21OCc2cc(S)ccc21. The number of amides is 1. The molecule has 6 nitrogen and oxygen atoms in total. The molecule has 5 rings (SSSR count). The third-order valence-electron chi connectivity index (χ3n) is 6.21. The Kier molecular flexibility index (Phi) is 5.35. The molecule has 170 valence electrons. The molecule has 33 heavy (non-hydrogen) atoms. The minimum atomic E-state index is -0.829. The Balaban J connectivity index is 1.60. The standard InChI is InChI=1S/C26H27N3O3S/c1-14(2)9-22(28)25(30)29-17-4-7-21-24(12-17)32-23-11-16(27)3-6-20(23)26(21)19-8-5-18(33)10-15(19)13-31-26/h3-8,10-12,14,22,33H,9,13,27-28H2,1-2H3,(H,29,30). The van der Waals surface area contributed by atoms with Crippen LogP contribution in [-0.4, -0.2) is 11.9 Å². The van der Waals surface area contributed by atoms with Crippen molar-refractivity contribution in [2.45, 2.75) is 43.4 Å². The number of nitrogen functional groups attached to an aromatic ring is 1. The lowest BCUT2D eigenvalue weighted by Crippen LogP contribution is -2.36. The Morgan fingerprint density at radius 3 is 2.52 bits per heavy atom. The van der Waals surface area contributed by atoms with Crippen molar-refractivity contribution in [3.63, 3.8) is 0 Å². The van der Waals surface area contributed by atoms with Crippen LogP contribution in [0.1, 0.15) is 42.5 Å². The van der Waals surface area contributed by atoms with Gasteiger partial charge in [-0.2, -0.15) is 0 Å². The first-order valence-electron chi connectivity index (χ1n) is 11.0. The van der Waals surface area contributed by atoms with E-state index in [0.29, 0.717) is 41.8 Å². The first kappa shape index (κ1) is 21.8. The van der Waals surface area contributed by atoms with Crippen LogP contribution < -0.4 is 21.5 Å². The van der Waals surface area contributed by atoms with Gasteiger partial charge in [-0.3, -0.25) is 4.79 Å². The lowest BCUT2D eigenvalue weighted by Gasteiger charge is -2.37. The largest absolute Gasteiger partial charge is 0.456 e. The van der Waals surface area contributed by atoms with E-state index in [0.717, 1.165) is 27.1 Å². The molecule has 2 aliphatic rings. The van der Waals surface area contributed by atoms with E-state index in [1.54, 1.807) is 6.07 Å². The van der Waals surface area contributed by atoms with Crippen LogP contribution in [0.15, 0.2) is 59.5 Å². The molecule has 0 fully saturated rings. The average molecular weight is 462 g/mol. The molecule has 1 amide bonds. The second-order valence-corrected chi connectivity index (χ2v) is 9.62. The van der Waals surface area contributed by atoms with Crippen LogP contribution in [0, 0.1) is 5.92 Å². The Labute approximate surface area is 198 Å². The number of carbonyl (C=O) groups excluding carboxylic acids is 1. The van der Waals surface area contributed by atoms with Gasteiger partial charge in [0.05, 0.1) is 12.6 Å². The first-order chi connectivity index (χ1) is 15.8. The molecule has 2 heterocycles. The fraction of sp³-hybridized carbons (Fsp3) is 0.269. The maximum absolute atomic E-state index is 12.6. The monoisotopic (exact) mass is 461 g/mol. The summed E-state index contributed by atoms with van der Waals surface area (Å²) in [4.78, 5) is 13.5. The molecule has 0 aliphatic carbocycles. The predicted molar refractivity (Wildman–Crippen MR) is 132 cm³/mol. The van der Waals surface area contributed by atoms with Gasteiger partial charge in [-0.15, -0.1) is 12.6 Å². The van der Waals surface area contributed by atoms with Gasteiger partial charge in [0.15, 0.2) is 5.60 Å². The highest BCUT2D eigenvalue weighted by atomic mass is 32.1. The average Bonchev–Trinajstić information content (AvgIpc) is 3.12. The number of hydrogen-bond acceptors (Lipinski definition) is 6. The molecule has 3 aromatic carbocycles. The van der Waals surface area contributed by atoms with Crippen LogP contribution in [0.4, 0.5) is 11.4 Å². The number of rotatable bonds is 4. The number of hydrogen-bond donors (Lipinski definition) is 4. The van der Waals surface area contributed by atoms with E-state index in [2.05, 4.69) is 24.0 Å². The normalized spacial score (nSPS) is 18.9. The molecule has 0 aromatic heterocycles. The van der Waals surface area contributed by atoms with E-state index >= 15 is 0 Å². The minimum absolute atomic E-state index is 0.220. The van der Waals surface area contributed by atoms with Gasteiger partial charge in [-0.1, -0.05) is 19.9 Å². The summed E-state index contributed by atoms with van der Waals surface area (Å²) >= 11 is 4.49. The van der Waals surface area contributed by atoms with E-state index in [-0.39, 0.29) is 5.91 Å². The summed E-state index contributed by atoms with van der Waals surface area (Å²) in [6.07, 6.45) is 0.612. The van der Waals surface area contributed by atoms with Crippen LogP contribution in [-0.2, 0) is 21.7 Å². The lowest BCUT2D eigenvalue weighted by atomic mass is 9.77. The fourth-order valence-electron chi connectivity index (χ4n) is 4.76. The summed E-state index contributed by atoms with van der Waals surface area (Å²) in [6.45, 7) is 4.53. The molecule has 7 heteroatoms. The number of thiol groups is 1. The number of carbonyl (C=O) groups is 1. The van der Waals surface area contributed by atoms with Gasteiger partial charge in [0.25, 0.3) is 0 Å². The number of ether oxygens (including phenoxy) is 2. The van der Waals surface area contributed by atoms with Crippen LogP contribution in [0.3, 0.4) is 0 Å². The fourth-order valence-corrected chi connectivity index (χ4v) is 4.99. The summed E-state index contributed by atoms with van der Waals surface area (Å²) in [5.41, 5.74) is 16.4. The van der Waals surface area contributed by atoms with Crippen molar-refractivity contribution in [3.05, 3.63) is 76.9 Å². The zero-order valence-corrected chi connectivity index (χ0v) is 19.5. The van der Waals surface area contributed by atoms with Crippen molar-refractivity contribution < 1.29 is 14.3 Å². The highest BCUT2D eigenvalue weighted by molar-refractivity contribution is 7.80. The number of anilines is 2. The van der Waals surface area contributed by atoms with Crippen molar-refractivity contribution in [3.8, 4) is 11.5 Å². The van der Waals surface area contributed by atoms with E-state index in [9.17, 15) is 4.79 Å². The summed E-state index contributed by atoms with van der Waals surface area (Å²) in [5, 5.41) is 2.92. The summed E-state index contributed by atoms with van der Waals surface area (Å²) in [7, 11) is 0. The number of benzene rings is 3. The topological polar surface area (TPSA) is 99.6 Å². The molecule has 2 atom stereocenters. The van der Waals surface area contributed by atoms with E-state index in [1.165, 1.54) is 0 Å². The van der Waals surface area contributed by atoms with Crippen LogP contribution in [0.25, 0.3) is 0 Å². The molecular formula is C26H27N3O3S. The van der Waals surface area contributed by atoms with Crippen molar-refractivity contribution in [1.29, 1.82) is 0 Å². The van der Waals surface area contributed by atoms with E-state index < -0.39 is 11.6 Å². The number of nitrogens with two attached hydrogens (primary N) is 2. The van der Waals surface area contributed by atoms with Gasteiger partial charge in [0.2, 0.25) is 5.91 Å². The Morgan fingerprint density at radius 1 is 1.06 bits per heavy atom. The number of nitrogens with one attached hydrogen (secondary N) is 1. The Hall–Kier alpha value is -3.00. The van der Waals surface area contributed by atoms with Gasteiger partial charge < -0.3 is 26.3 Å². The third kappa shape index (κ3) is 3.66. The first-order valence-corrected chi connectivity index (χ1v) is 11.5. The van der Waals surface area contributed by atoms with E-state index in [1.807, 2.05) is 56.3 Å². The quantitative estimate of drug-likeness (QED) is 0.330. The molecule has 3 aromatic rings. The maximum Gasteiger partial charge on any atom is 0.241 e. The maximum atomic E-state index is 12.6. The molecule has 2 unspecified atom stereocenters. The van der Waals surface area contributed by atoms with Gasteiger partial charge in [-0.05, 0) is 59.9 Å². The van der Waals surface area contributed by atoms with Gasteiger partial charge >= 0.3 is 0 Å². The number of fused-ring (bicyclic) bond motifs is 6. The van der Waals surface area contributed by atoms with Crippen molar-refractivity contribution in [2.24, 2.45) is 11.7 Å². The van der Waals surface area contributed by atoms with Gasteiger partial charge in [0.1, 0.15) is 11.5 Å². The van der Waals surface area contributed by atoms with Gasteiger partial charge in [-0.25, -0.2) is 0 Å². The molecule has 5 N–H and O–H groups in total. The molecule has 0 saturated carbocycles. The minimum Gasteiger partial charge on any atom is -0.456 e. The third-order valence-corrected chi connectivity index (χ3v) is 6.49. The molecule has 1 spiro atoms. The second kappa shape index (κ2) is 8.09. The Bertz CT molecular complexity index is 1260. The van der Waals surface area contributed by atoms with E-state index in [4.69, 9.17) is 20.9 Å². The smallest absolute Gasteiger partial charge is 0.241 e. The molecule has 0 radical (unpaired) electrons. The molecule has 2 aliphatic heterocycles. The summed E-state index contributed by atoms with van der Waals surface area (Å²) < 4.78 is 12.8. The summed E-state index contributed by atoms with van der Waals surface area (Å²) in [6, 6.07) is 16.7. The van der Waals surface area contributed by atoms with Gasteiger partial charge in [0, 0.05) is 39.5 Å². The zero-order chi connectivity index (χ0) is 23.3. The van der Waals surface area contributed by atoms with Crippen LogP contribution >= 0.6 is 12.6 Å². The second-order valence-electron chi connectivity index (χ2n) is 9.11. The molecular weight excluding hydrogens is 434 g/mol. The van der Waals surface area contributed by atoms with Crippen molar-refractivity contribution in [1.82, 2.24) is 0 Å². The molecule has 0 saturated heterocycles. The zero-order valence-electron chi connectivity index (χ0n) is 18.6. The summed E-state index contributed by atoms with van der Waals surface area (Å²) in [5.74, 6) is 1.34. The van der Waals surface area contributed by atoms with Crippen LogP contribution in [0.2, 0.25) is 0 Å². The highest BCUT2D eigenvalue weighted by Gasteiger charge is 2.49. The predicted octanol–water partition coefficient (Wildman–Crippen LogP) is 4.80. The van der Waals surface area contributed by atoms with Crippen molar-refractivity contribution in [2.75, 3.05) is 11.1 Å². The highest BCUT2D eigenvalue weighted by Crippen LogP contribution is 2.56. The van der Waals surface area contributed by atoms with Crippen LogP contribution in [0.5, 0.6) is 11.5 Å². The van der Waals surface area contributed by atoms with Crippen molar-refractivity contribution >= 4 is 29.9 Å². The molecule has 0 bridgehead atoms. The lowest BCUT2D eigenvalue weighted by molar-refractivity contribution is -0.117.